The van der Waals surface area contributed by atoms with E-state index in [1.165, 1.54) is 27.5 Å². The summed E-state index contributed by atoms with van der Waals surface area (Å²) in [6.45, 7) is 2.19. The van der Waals surface area contributed by atoms with Gasteiger partial charge in [0, 0.05) is 40.7 Å². The van der Waals surface area contributed by atoms with Crippen LogP contribution in [0.3, 0.4) is 0 Å². The molecule has 1 heterocycles. The monoisotopic (exact) mass is 452 g/mol. The molecule has 3 aromatic carbocycles. The quantitative estimate of drug-likeness (QED) is 0.471. The van der Waals surface area contributed by atoms with E-state index in [0.29, 0.717) is 18.7 Å². The third kappa shape index (κ3) is 5.63. The molecule has 0 fully saturated rings. The Morgan fingerprint density at radius 2 is 1.81 bits per heavy atom. The van der Waals surface area contributed by atoms with Crippen LogP contribution in [-0.4, -0.2) is 31.0 Å². The van der Waals surface area contributed by atoms with Crippen LogP contribution in [0.15, 0.2) is 76.5 Å². The molecule has 0 radical (unpaired) electrons. The fraction of sp³-hybridized carbons (Fsp3) is 0.240. The number of fused-ring (bicyclic) bond motifs is 1. The molecule has 0 spiro atoms. The molecule has 1 aliphatic heterocycles. The standard InChI is InChI=1S/C25H25FN2OS2/c1-30-22-9-4-18(5-10-22)12-13-27-25(29)20-6-11-24-23(16-20)28(14-15-31-24)17-19-2-7-21(26)8-3-19/h2-11,16H,12-15,17H2,1H3,(H,27,29). The Morgan fingerprint density at radius 3 is 2.55 bits per heavy atom. The Morgan fingerprint density at radius 1 is 1.06 bits per heavy atom. The summed E-state index contributed by atoms with van der Waals surface area (Å²) in [6.07, 6.45) is 2.87. The number of halogens is 1. The van der Waals surface area contributed by atoms with Gasteiger partial charge in [0.05, 0.1) is 5.69 Å². The molecule has 160 valence electrons. The molecule has 0 atom stereocenters. The third-order valence-electron chi connectivity index (χ3n) is 5.33. The minimum Gasteiger partial charge on any atom is -0.365 e. The van der Waals surface area contributed by atoms with Crippen molar-refractivity contribution in [1.82, 2.24) is 5.32 Å². The molecule has 1 amide bonds. The van der Waals surface area contributed by atoms with Crippen molar-refractivity contribution in [3.8, 4) is 0 Å². The van der Waals surface area contributed by atoms with E-state index in [-0.39, 0.29) is 11.7 Å². The van der Waals surface area contributed by atoms with E-state index in [2.05, 4.69) is 40.7 Å². The van der Waals surface area contributed by atoms with Crippen molar-refractivity contribution in [2.45, 2.75) is 22.8 Å². The lowest BCUT2D eigenvalue weighted by atomic mass is 10.1. The minimum atomic E-state index is -0.225. The molecular formula is C25H25FN2OS2. The van der Waals surface area contributed by atoms with Gasteiger partial charge < -0.3 is 10.2 Å². The van der Waals surface area contributed by atoms with Crippen LogP contribution in [0, 0.1) is 5.82 Å². The van der Waals surface area contributed by atoms with Gasteiger partial charge in [-0.25, -0.2) is 4.39 Å². The maximum absolute atomic E-state index is 13.2. The van der Waals surface area contributed by atoms with Crippen LogP contribution in [0.1, 0.15) is 21.5 Å². The number of amides is 1. The van der Waals surface area contributed by atoms with Crippen molar-refractivity contribution in [2.24, 2.45) is 0 Å². The number of carbonyl (C=O) groups excluding carboxylic acids is 1. The predicted octanol–water partition coefficient (Wildman–Crippen LogP) is 5.63. The van der Waals surface area contributed by atoms with Crippen LogP contribution in [0.2, 0.25) is 0 Å². The minimum absolute atomic E-state index is 0.0548. The first kappa shape index (κ1) is 21.8. The van der Waals surface area contributed by atoms with Crippen molar-refractivity contribution in [3.05, 3.63) is 89.2 Å². The number of benzene rings is 3. The first-order valence-corrected chi connectivity index (χ1v) is 12.5. The zero-order chi connectivity index (χ0) is 21.6. The van der Waals surface area contributed by atoms with Crippen LogP contribution in [0.25, 0.3) is 0 Å². The van der Waals surface area contributed by atoms with Crippen molar-refractivity contribution >= 4 is 35.1 Å². The maximum atomic E-state index is 13.2. The zero-order valence-corrected chi connectivity index (χ0v) is 19.1. The van der Waals surface area contributed by atoms with Crippen molar-refractivity contribution in [1.29, 1.82) is 0 Å². The summed E-state index contributed by atoms with van der Waals surface area (Å²) in [5.74, 6) is 0.716. The SMILES string of the molecule is CSc1ccc(CCNC(=O)c2ccc3c(c2)N(Cc2ccc(F)cc2)CCS3)cc1. The Kier molecular flexibility index (Phi) is 7.20. The topological polar surface area (TPSA) is 32.3 Å². The summed E-state index contributed by atoms with van der Waals surface area (Å²) < 4.78 is 13.2. The normalized spacial score (nSPS) is 13.0. The lowest BCUT2D eigenvalue weighted by Gasteiger charge is -2.31. The molecule has 3 nitrogen and oxygen atoms in total. The third-order valence-corrected chi connectivity index (χ3v) is 7.11. The van der Waals surface area contributed by atoms with E-state index < -0.39 is 0 Å². The fourth-order valence-corrected chi connectivity index (χ4v) is 5.04. The average molecular weight is 453 g/mol. The summed E-state index contributed by atoms with van der Waals surface area (Å²) >= 11 is 3.53. The number of nitrogens with one attached hydrogen (secondary N) is 1. The smallest absolute Gasteiger partial charge is 0.251 e. The number of rotatable bonds is 7. The van der Waals surface area contributed by atoms with E-state index in [1.54, 1.807) is 11.8 Å². The molecule has 6 heteroatoms. The summed E-state index contributed by atoms with van der Waals surface area (Å²) in [7, 11) is 0. The van der Waals surface area contributed by atoms with Crippen LogP contribution in [-0.2, 0) is 13.0 Å². The van der Waals surface area contributed by atoms with Crippen molar-refractivity contribution in [3.63, 3.8) is 0 Å². The first-order valence-electron chi connectivity index (χ1n) is 10.3. The second-order valence-electron chi connectivity index (χ2n) is 7.43. The van der Waals surface area contributed by atoms with E-state index >= 15 is 0 Å². The molecule has 3 aromatic rings. The number of anilines is 1. The van der Waals surface area contributed by atoms with Gasteiger partial charge >= 0.3 is 0 Å². The highest BCUT2D eigenvalue weighted by molar-refractivity contribution is 7.99. The highest BCUT2D eigenvalue weighted by atomic mass is 32.2. The summed E-state index contributed by atoms with van der Waals surface area (Å²) in [6, 6.07) is 21.0. The van der Waals surface area contributed by atoms with Gasteiger partial charge in [-0.05, 0) is 66.3 Å². The fourth-order valence-electron chi connectivity index (χ4n) is 3.60. The second kappa shape index (κ2) is 10.2. The maximum Gasteiger partial charge on any atom is 0.251 e. The molecule has 0 unspecified atom stereocenters. The highest BCUT2D eigenvalue weighted by Crippen LogP contribution is 2.36. The lowest BCUT2D eigenvalue weighted by Crippen LogP contribution is -2.30. The van der Waals surface area contributed by atoms with Crippen molar-refractivity contribution < 1.29 is 9.18 Å². The van der Waals surface area contributed by atoms with Crippen LogP contribution in [0.5, 0.6) is 0 Å². The Bertz CT molecular complexity index is 1040. The van der Waals surface area contributed by atoms with Gasteiger partial charge in [0.25, 0.3) is 5.91 Å². The Labute approximate surface area is 191 Å². The Hall–Kier alpha value is -2.44. The van der Waals surface area contributed by atoms with E-state index in [1.807, 2.05) is 42.1 Å². The molecule has 0 bridgehead atoms. The van der Waals surface area contributed by atoms with Gasteiger partial charge in [0.15, 0.2) is 0 Å². The van der Waals surface area contributed by atoms with Crippen molar-refractivity contribution in [2.75, 3.05) is 30.0 Å². The van der Waals surface area contributed by atoms with E-state index in [0.717, 1.165) is 30.0 Å². The van der Waals surface area contributed by atoms with Crippen LogP contribution >= 0.6 is 23.5 Å². The molecule has 4 rings (SSSR count). The molecule has 1 N–H and O–H groups in total. The van der Waals surface area contributed by atoms with Crippen LogP contribution < -0.4 is 10.2 Å². The molecular weight excluding hydrogens is 427 g/mol. The van der Waals surface area contributed by atoms with Gasteiger partial charge in [-0.2, -0.15) is 0 Å². The number of carbonyl (C=O) groups is 1. The first-order chi connectivity index (χ1) is 15.1. The number of thioether (sulfide) groups is 2. The predicted molar refractivity (Wildman–Crippen MR) is 129 cm³/mol. The average Bonchev–Trinajstić information content (AvgIpc) is 2.81. The van der Waals surface area contributed by atoms with Gasteiger partial charge in [-0.1, -0.05) is 24.3 Å². The molecule has 0 aliphatic carbocycles. The largest absolute Gasteiger partial charge is 0.365 e. The number of nitrogens with zero attached hydrogens (tertiary/aromatic N) is 1. The second-order valence-corrected chi connectivity index (χ2v) is 9.45. The highest BCUT2D eigenvalue weighted by Gasteiger charge is 2.19. The number of hydrogen-bond donors (Lipinski definition) is 1. The summed E-state index contributed by atoms with van der Waals surface area (Å²) in [4.78, 5) is 17.4. The zero-order valence-electron chi connectivity index (χ0n) is 17.4. The molecule has 31 heavy (non-hydrogen) atoms. The molecule has 0 aromatic heterocycles. The summed E-state index contributed by atoms with van der Waals surface area (Å²) in [5, 5.41) is 3.04. The Balaban J connectivity index is 1.40. The van der Waals surface area contributed by atoms with Gasteiger partial charge in [-0.3, -0.25) is 4.79 Å². The van der Waals surface area contributed by atoms with E-state index in [9.17, 15) is 9.18 Å². The molecule has 1 aliphatic rings. The molecule has 0 saturated heterocycles. The lowest BCUT2D eigenvalue weighted by molar-refractivity contribution is 0.0954. The van der Waals surface area contributed by atoms with E-state index in [4.69, 9.17) is 0 Å². The van der Waals surface area contributed by atoms with Crippen LogP contribution in [0.4, 0.5) is 10.1 Å². The van der Waals surface area contributed by atoms with Gasteiger partial charge in [0.2, 0.25) is 0 Å². The van der Waals surface area contributed by atoms with Gasteiger partial charge in [-0.15, -0.1) is 23.5 Å². The van der Waals surface area contributed by atoms with Gasteiger partial charge in [0.1, 0.15) is 5.82 Å². The molecule has 0 saturated carbocycles. The number of hydrogen-bond acceptors (Lipinski definition) is 4. The summed E-state index contributed by atoms with van der Waals surface area (Å²) in [5.41, 5.74) is 4.01.